The van der Waals surface area contributed by atoms with Crippen LogP contribution >= 0.6 is 15.9 Å². The van der Waals surface area contributed by atoms with Crippen molar-refractivity contribution in [2.24, 2.45) is 5.73 Å². The summed E-state index contributed by atoms with van der Waals surface area (Å²) < 4.78 is 11.0. The Morgan fingerprint density at radius 3 is 2.95 bits per heavy atom. The molecular weight excluding hydrogens is 314 g/mol. The van der Waals surface area contributed by atoms with E-state index in [0.717, 1.165) is 15.8 Å². The standard InChI is InChI=1S/C12H14BrN3O3/c1-18-10-3-2-7(6-8(10)13)11-15-12(19-16-11)9(17)4-5-14/h2-3,6,9,17H,4-5,14H2,1H3. The molecule has 0 aliphatic heterocycles. The van der Waals surface area contributed by atoms with Gasteiger partial charge in [0.15, 0.2) is 0 Å². The van der Waals surface area contributed by atoms with Crippen molar-refractivity contribution in [2.45, 2.75) is 12.5 Å². The molecule has 2 rings (SSSR count). The van der Waals surface area contributed by atoms with Gasteiger partial charge in [0.05, 0.1) is 11.6 Å². The second kappa shape index (κ2) is 6.14. The van der Waals surface area contributed by atoms with Crippen LogP contribution in [-0.4, -0.2) is 28.9 Å². The van der Waals surface area contributed by atoms with Crippen molar-refractivity contribution < 1.29 is 14.4 Å². The van der Waals surface area contributed by atoms with Crippen molar-refractivity contribution in [1.82, 2.24) is 10.1 Å². The van der Waals surface area contributed by atoms with Crippen molar-refractivity contribution in [2.75, 3.05) is 13.7 Å². The summed E-state index contributed by atoms with van der Waals surface area (Å²) in [5.41, 5.74) is 6.13. The van der Waals surface area contributed by atoms with Gasteiger partial charge < -0.3 is 20.1 Å². The minimum Gasteiger partial charge on any atom is -0.496 e. The molecule has 6 nitrogen and oxygen atoms in total. The molecular formula is C12H14BrN3O3. The van der Waals surface area contributed by atoms with Crippen LogP contribution in [0.15, 0.2) is 27.2 Å². The Labute approximate surface area is 118 Å². The third-order valence-corrected chi connectivity index (χ3v) is 3.20. The number of hydrogen-bond donors (Lipinski definition) is 2. The van der Waals surface area contributed by atoms with E-state index in [4.69, 9.17) is 15.0 Å². The van der Waals surface area contributed by atoms with E-state index < -0.39 is 6.10 Å². The van der Waals surface area contributed by atoms with Crippen LogP contribution in [0.4, 0.5) is 0 Å². The molecule has 19 heavy (non-hydrogen) atoms. The van der Waals surface area contributed by atoms with Crippen molar-refractivity contribution >= 4 is 15.9 Å². The van der Waals surface area contributed by atoms with Gasteiger partial charge in [-0.3, -0.25) is 0 Å². The zero-order valence-corrected chi connectivity index (χ0v) is 11.9. The summed E-state index contributed by atoms with van der Waals surface area (Å²) in [4.78, 5) is 4.15. The van der Waals surface area contributed by atoms with Crippen LogP contribution in [0.2, 0.25) is 0 Å². The van der Waals surface area contributed by atoms with E-state index in [1.165, 1.54) is 0 Å². The molecule has 1 unspecified atom stereocenters. The molecule has 3 N–H and O–H groups in total. The zero-order valence-electron chi connectivity index (χ0n) is 10.3. The second-order valence-corrected chi connectivity index (χ2v) is 4.75. The van der Waals surface area contributed by atoms with Gasteiger partial charge in [-0.2, -0.15) is 4.98 Å². The number of nitrogens with zero attached hydrogens (tertiary/aromatic N) is 2. The SMILES string of the molecule is COc1ccc(-c2noc(C(O)CCN)n2)cc1Br. The fourth-order valence-electron chi connectivity index (χ4n) is 1.57. The summed E-state index contributed by atoms with van der Waals surface area (Å²) >= 11 is 3.39. The van der Waals surface area contributed by atoms with Gasteiger partial charge in [-0.05, 0) is 47.1 Å². The highest BCUT2D eigenvalue weighted by atomic mass is 79.9. The Bertz CT molecular complexity index is 559. The first-order valence-corrected chi connectivity index (χ1v) is 6.50. The molecule has 0 radical (unpaired) electrons. The average Bonchev–Trinajstić information content (AvgIpc) is 2.88. The van der Waals surface area contributed by atoms with Crippen molar-refractivity contribution in [3.63, 3.8) is 0 Å². The Morgan fingerprint density at radius 2 is 2.32 bits per heavy atom. The number of nitrogens with two attached hydrogens (primary N) is 1. The first-order chi connectivity index (χ1) is 9.15. The second-order valence-electron chi connectivity index (χ2n) is 3.90. The Kier molecular flexibility index (Phi) is 4.52. The van der Waals surface area contributed by atoms with Gasteiger partial charge in [-0.15, -0.1) is 0 Å². The maximum absolute atomic E-state index is 9.71. The highest BCUT2D eigenvalue weighted by Crippen LogP contribution is 2.29. The van der Waals surface area contributed by atoms with Gasteiger partial charge in [0, 0.05) is 5.56 Å². The number of aromatic nitrogens is 2. The third-order valence-electron chi connectivity index (χ3n) is 2.58. The number of ether oxygens (including phenoxy) is 1. The molecule has 0 aliphatic carbocycles. The van der Waals surface area contributed by atoms with Crippen LogP contribution in [0.3, 0.4) is 0 Å². The smallest absolute Gasteiger partial charge is 0.255 e. The number of aliphatic hydroxyl groups excluding tert-OH is 1. The van der Waals surface area contributed by atoms with Crippen LogP contribution in [0.1, 0.15) is 18.4 Å². The fraction of sp³-hybridized carbons (Fsp3) is 0.333. The van der Waals surface area contributed by atoms with Crippen LogP contribution in [0.25, 0.3) is 11.4 Å². The van der Waals surface area contributed by atoms with Crippen LogP contribution in [0.5, 0.6) is 5.75 Å². The van der Waals surface area contributed by atoms with E-state index in [9.17, 15) is 5.11 Å². The minimum atomic E-state index is -0.826. The summed E-state index contributed by atoms with van der Waals surface area (Å²) in [6.45, 7) is 0.354. The molecule has 0 amide bonds. The summed E-state index contributed by atoms with van der Waals surface area (Å²) in [6, 6.07) is 5.43. The molecule has 0 aliphatic rings. The highest BCUT2D eigenvalue weighted by Gasteiger charge is 2.16. The molecule has 0 saturated heterocycles. The van der Waals surface area contributed by atoms with E-state index in [2.05, 4.69) is 26.1 Å². The van der Waals surface area contributed by atoms with Crippen molar-refractivity contribution in [3.05, 3.63) is 28.6 Å². The normalized spacial score (nSPS) is 12.4. The van der Waals surface area contributed by atoms with E-state index in [0.29, 0.717) is 18.8 Å². The van der Waals surface area contributed by atoms with Gasteiger partial charge >= 0.3 is 0 Å². The lowest BCUT2D eigenvalue weighted by molar-refractivity contribution is 0.127. The largest absolute Gasteiger partial charge is 0.496 e. The third kappa shape index (κ3) is 3.12. The molecule has 102 valence electrons. The first-order valence-electron chi connectivity index (χ1n) is 5.71. The Balaban J connectivity index is 2.25. The molecule has 1 aromatic carbocycles. The van der Waals surface area contributed by atoms with Gasteiger partial charge in [-0.1, -0.05) is 5.16 Å². The number of rotatable bonds is 5. The lowest BCUT2D eigenvalue weighted by atomic mass is 10.2. The van der Waals surface area contributed by atoms with E-state index in [-0.39, 0.29) is 5.89 Å². The van der Waals surface area contributed by atoms with Crippen molar-refractivity contribution in [3.8, 4) is 17.1 Å². The number of methoxy groups -OCH3 is 1. The van der Waals surface area contributed by atoms with E-state index >= 15 is 0 Å². The van der Waals surface area contributed by atoms with Crippen LogP contribution in [-0.2, 0) is 0 Å². The van der Waals surface area contributed by atoms with Gasteiger partial charge in [0.1, 0.15) is 11.9 Å². The van der Waals surface area contributed by atoms with Crippen LogP contribution in [0, 0.1) is 0 Å². The molecule has 0 fully saturated rings. The van der Waals surface area contributed by atoms with E-state index in [1.807, 2.05) is 12.1 Å². The van der Waals surface area contributed by atoms with Crippen molar-refractivity contribution in [1.29, 1.82) is 0 Å². The predicted octanol–water partition coefficient (Wildman–Crippen LogP) is 1.89. The number of halogens is 1. The zero-order chi connectivity index (χ0) is 13.8. The summed E-state index contributed by atoms with van der Waals surface area (Å²) in [5, 5.41) is 13.5. The summed E-state index contributed by atoms with van der Waals surface area (Å²) in [5.74, 6) is 1.30. The quantitative estimate of drug-likeness (QED) is 0.870. The molecule has 0 bridgehead atoms. The number of hydrogen-bond acceptors (Lipinski definition) is 6. The molecule has 7 heteroatoms. The maximum atomic E-state index is 9.71. The number of aliphatic hydroxyl groups is 1. The van der Waals surface area contributed by atoms with Gasteiger partial charge in [0.25, 0.3) is 5.89 Å². The Hall–Kier alpha value is -1.44. The average molecular weight is 328 g/mol. The maximum Gasteiger partial charge on any atom is 0.255 e. The topological polar surface area (TPSA) is 94.4 Å². The lowest BCUT2D eigenvalue weighted by Crippen LogP contribution is -2.06. The molecule has 0 spiro atoms. The lowest BCUT2D eigenvalue weighted by Gasteiger charge is -2.03. The van der Waals surface area contributed by atoms with Gasteiger partial charge in [0.2, 0.25) is 5.82 Å². The monoisotopic (exact) mass is 327 g/mol. The molecule has 1 atom stereocenters. The molecule has 1 aromatic heterocycles. The fourth-order valence-corrected chi connectivity index (χ4v) is 2.12. The Morgan fingerprint density at radius 1 is 1.53 bits per heavy atom. The molecule has 2 aromatic rings. The molecule has 0 saturated carbocycles. The summed E-state index contributed by atoms with van der Waals surface area (Å²) in [7, 11) is 1.59. The van der Waals surface area contributed by atoms with Gasteiger partial charge in [-0.25, -0.2) is 0 Å². The minimum absolute atomic E-state index is 0.174. The van der Waals surface area contributed by atoms with E-state index in [1.54, 1.807) is 13.2 Å². The predicted molar refractivity (Wildman–Crippen MR) is 72.6 cm³/mol. The summed E-state index contributed by atoms with van der Waals surface area (Å²) in [6.07, 6.45) is -0.443. The van der Waals surface area contributed by atoms with Crippen LogP contribution < -0.4 is 10.5 Å². The first kappa shape index (κ1) is 14.0. The number of benzene rings is 1. The molecule has 1 heterocycles. The highest BCUT2D eigenvalue weighted by molar-refractivity contribution is 9.10.